The van der Waals surface area contributed by atoms with E-state index in [1.165, 1.54) is 9.88 Å². The van der Waals surface area contributed by atoms with Crippen molar-refractivity contribution in [3.8, 4) is 0 Å². The minimum absolute atomic E-state index is 0. The molecular weight excluding hydrogens is 465 g/mol. The number of anilines is 1. The van der Waals surface area contributed by atoms with Crippen molar-refractivity contribution in [3.63, 3.8) is 0 Å². The molecule has 25 heavy (non-hydrogen) atoms. The molecule has 1 aliphatic heterocycles. The van der Waals surface area contributed by atoms with Crippen molar-refractivity contribution in [1.82, 2.24) is 15.6 Å². The van der Waals surface area contributed by atoms with E-state index in [1.54, 1.807) is 11.3 Å². The lowest BCUT2D eigenvalue weighted by Crippen LogP contribution is -2.48. The van der Waals surface area contributed by atoms with Crippen LogP contribution in [0.5, 0.6) is 0 Å². The third-order valence-electron chi connectivity index (χ3n) is 4.22. The van der Waals surface area contributed by atoms with Crippen LogP contribution < -0.4 is 15.5 Å². The molecule has 1 aliphatic rings. The van der Waals surface area contributed by atoms with Crippen molar-refractivity contribution < 1.29 is 0 Å². The van der Waals surface area contributed by atoms with Crippen molar-refractivity contribution in [2.45, 2.75) is 39.3 Å². The zero-order valence-corrected chi connectivity index (χ0v) is 18.7. The van der Waals surface area contributed by atoms with Crippen LogP contribution in [-0.4, -0.2) is 36.6 Å². The van der Waals surface area contributed by atoms with Gasteiger partial charge < -0.3 is 15.5 Å². The Balaban J connectivity index is 0.00000225. The molecule has 3 rings (SSSR count). The Kier molecular flexibility index (Phi) is 8.44. The molecule has 1 saturated heterocycles. The molecule has 0 amide bonds. The molecule has 0 aliphatic carbocycles. The van der Waals surface area contributed by atoms with Crippen molar-refractivity contribution in [2.75, 3.05) is 24.5 Å². The number of guanidine groups is 1. The topological polar surface area (TPSA) is 52.6 Å². The van der Waals surface area contributed by atoms with Gasteiger partial charge in [0, 0.05) is 30.6 Å². The Hall–Kier alpha value is -0.870. The van der Waals surface area contributed by atoms with Gasteiger partial charge >= 0.3 is 0 Å². The second-order valence-electron chi connectivity index (χ2n) is 5.91. The van der Waals surface area contributed by atoms with Crippen LogP contribution in [0.1, 0.15) is 30.3 Å². The molecule has 0 aromatic carbocycles. The molecule has 3 heterocycles. The Labute approximate surface area is 175 Å². The number of thiazole rings is 1. The van der Waals surface area contributed by atoms with Crippen LogP contribution in [0.15, 0.2) is 28.0 Å². The summed E-state index contributed by atoms with van der Waals surface area (Å²) >= 11 is 3.50. The predicted molar refractivity (Wildman–Crippen MR) is 120 cm³/mol. The van der Waals surface area contributed by atoms with E-state index in [9.17, 15) is 0 Å². The summed E-state index contributed by atoms with van der Waals surface area (Å²) in [6.45, 7) is 7.93. The lowest BCUT2D eigenvalue weighted by molar-refractivity contribution is 0.463. The zero-order chi connectivity index (χ0) is 16.8. The van der Waals surface area contributed by atoms with E-state index >= 15 is 0 Å². The predicted octanol–water partition coefficient (Wildman–Crippen LogP) is 3.86. The third kappa shape index (κ3) is 5.82. The molecule has 1 fully saturated rings. The lowest BCUT2D eigenvalue weighted by atomic mass is 10.1. The number of thiophene rings is 1. The van der Waals surface area contributed by atoms with Crippen molar-refractivity contribution in [1.29, 1.82) is 0 Å². The second kappa shape index (κ2) is 10.3. The molecule has 0 atom stereocenters. The van der Waals surface area contributed by atoms with Gasteiger partial charge in [-0.1, -0.05) is 0 Å². The first-order chi connectivity index (χ1) is 11.8. The number of aliphatic imine (C=N–C) groups is 1. The Morgan fingerprint density at radius 2 is 2.16 bits per heavy atom. The number of nitrogens with zero attached hydrogens (tertiary/aromatic N) is 3. The lowest BCUT2D eigenvalue weighted by Gasteiger charge is -2.33. The SMILES string of the molecule is CCNC(=NCc1scnc1C)NC1CCN(c2cccs2)CC1.I. The molecule has 0 unspecified atom stereocenters. The first-order valence-corrected chi connectivity index (χ1v) is 10.2. The van der Waals surface area contributed by atoms with Crippen LogP contribution in [0.3, 0.4) is 0 Å². The summed E-state index contributed by atoms with van der Waals surface area (Å²) in [5.74, 6) is 0.917. The normalized spacial score (nSPS) is 15.8. The molecule has 138 valence electrons. The number of hydrogen-bond acceptors (Lipinski definition) is 5. The average Bonchev–Trinajstić information content (AvgIpc) is 3.25. The number of nitrogens with one attached hydrogen (secondary N) is 2. The maximum atomic E-state index is 4.73. The largest absolute Gasteiger partial charge is 0.363 e. The van der Waals surface area contributed by atoms with Crippen LogP contribution in [0.25, 0.3) is 0 Å². The fourth-order valence-electron chi connectivity index (χ4n) is 2.84. The molecule has 2 aromatic heterocycles. The van der Waals surface area contributed by atoms with E-state index in [0.717, 1.165) is 44.1 Å². The van der Waals surface area contributed by atoms with E-state index in [0.29, 0.717) is 12.6 Å². The standard InChI is InChI=1S/C17H25N5S2.HI/c1-3-18-17(19-11-15-13(2)20-12-24-15)21-14-6-8-22(9-7-14)16-5-4-10-23-16;/h4-5,10,12,14H,3,6-9,11H2,1-2H3,(H2,18,19,21);1H. The summed E-state index contributed by atoms with van der Waals surface area (Å²) < 4.78 is 0. The highest BCUT2D eigenvalue weighted by Crippen LogP contribution is 2.24. The van der Waals surface area contributed by atoms with Gasteiger partial charge in [0.1, 0.15) is 0 Å². The molecule has 0 bridgehead atoms. The van der Waals surface area contributed by atoms with E-state index in [1.807, 2.05) is 23.8 Å². The van der Waals surface area contributed by atoms with Gasteiger partial charge in [-0.15, -0.1) is 46.7 Å². The van der Waals surface area contributed by atoms with Gasteiger partial charge in [0.2, 0.25) is 0 Å². The van der Waals surface area contributed by atoms with Gasteiger partial charge in [0.25, 0.3) is 0 Å². The van der Waals surface area contributed by atoms with Crippen molar-refractivity contribution in [2.24, 2.45) is 4.99 Å². The Morgan fingerprint density at radius 1 is 1.36 bits per heavy atom. The Morgan fingerprint density at radius 3 is 2.76 bits per heavy atom. The van der Waals surface area contributed by atoms with Gasteiger partial charge in [0.15, 0.2) is 5.96 Å². The highest BCUT2D eigenvalue weighted by Gasteiger charge is 2.20. The van der Waals surface area contributed by atoms with Gasteiger partial charge in [-0.3, -0.25) is 0 Å². The monoisotopic (exact) mass is 491 g/mol. The highest BCUT2D eigenvalue weighted by molar-refractivity contribution is 14.0. The quantitative estimate of drug-likeness (QED) is 0.379. The van der Waals surface area contributed by atoms with E-state index in [-0.39, 0.29) is 24.0 Å². The minimum Gasteiger partial charge on any atom is -0.363 e. The molecule has 2 N–H and O–H groups in total. The van der Waals surface area contributed by atoms with E-state index < -0.39 is 0 Å². The number of piperidine rings is 1. The van der Waals surface area contributed by atoms with Crippen LogP contribution >= 0.6 is 46.7 Å². The first kappa shape index (κ1) is 20.4. The molecule has 0 spiro atoms. The first-order valence-electron chi connectivity index (χ1n) is 8.48. The summed E-state index contributed by atoms with van der Waals surface area (Å²) in [7, 11) is 0. The Bertz CT molecular complexity index is 648. The van der Waals surface area contributed by atoms with E-state index in [2.05, 4.69) is 45.0 Å². The average molecular weight is 491 g/mol. The fraction of sp³-hybridized carbons (Fsp3) is 0.529. The molecule has 5 nitrogen and oxygen atoms in total. The van der Waals surface area contributed by atoms with Crippen molar-refractivity contribution >= 4 is 57.6 Å². The van der Waals surface area contributed by atoms with Gasteiger partial charge in [-0.25, -0.2) is 9.98 Å². The van der Waals surface area contributed by atoms with E-state index in [4.69, 9.17) is 4.99 Å². The highest BCUT2D eigenvalue weighted by atomic mass is 127. The summed E-state index contributed by atoms with van der Waals surface area (Å²) in [5, 5.41) is 10.5. The number of aryl methyl sites for hydroxylation is 1. The maximum Gasteiger partial charge on any atom is 0.191 e. The number of aromatic nitrogens is 1. The number of hydrogen-bond donors (Lipinski definition) is 2. The zero-order valence-electron chi connectivity index (χ0n) is 14.7. The van der Waals surface area contributed by atoms with Crippen LogP contribution in [0.4, 0.5) is 5.00 Å². The molecule has 0 saturated carbocycles. The second-order valence-corrected chi connectivity index (χ2v) is 7.78. The van der Waals surface area contributed by atoms with Gasteiger partial charge in [-0.2, -0.15) is 0 Å². The number of halogens is 1. The summed E-state index contributed by atoms with van der Waals surface area (Å²) in [5.41, 5.74) is 2.98. The van der Waals surface area contributed by atoms with Crippen LogP contribution in [-0.2, 0) is 6.54 Å². The smallest absolute Gasteiger partial charge is 0.191 e. The van der Waals surface area contributed by atoms with Gasteiger partial charge in [0.05, 0.1) is 22.8 Å². The maximum absolute atomic E-state index is 4.73. The van der Waals surface area contributed by atoms with Crippen molar-refractivity contribution in [3.05, 3.63) is 33.6 Å². The van der Waals surface area contributed by atoms with Gasteiger partial charge in [-0.05, 0) is 44.2 Å². The fourth-order valence-corrected chi connectivity index (χ4v) is 4.32. The summed E-state index contributed by atoms with van der Waals surface area (Å²) in [4.78, 5) is 12.7. The third-order valence-corrected chi connectivity index (χ3v) is 6.07. The molecule has 8 heteroatoms. The van der Waals surface area contributed by atoms with Crippen LogP contribution in [0.2, 0.25) is 0 Å². The molecule has 2 aromatic rings. The minimum atomic E-state index is 0. The number of rotatable bonds is 5. The molecular formula is C17H26IN5S2. The summed E-state index contributed by atoms with van der Waals surface area (Å²) in [6.07, 6.45) is 2.28. The van der Waals surface area contributed by atoms with Crippen LogP contribution in [0, 0.1) is 6.92 Å². The molecule has 0 radical (unpaired) electrons. The summed E-state index contributed by atoms with van der Waals surface area (Å²) in [6, 6.07) is 4.82.